The largest absolute Gasteiger partial charge is 0.326 e. The van der Waals surface area contributed by atoms with E-state index in [1.807, 2.05) is 12.1 Å². The summed E-state index contributed by atoms with van der Waals surface area (Å²) in [4.78, 5) is 38.8. The molecule has 4 aliphatic rings. The molecule has 3 amide bonds. The Balaban J connectivity index is 1.38. The van der Waals surface area contributed by atoms with Gasteiger partial charge in [0.1, 0.15) is 0 Å². The Morgan fingerprint density at radius 2 is 1.60 bits per heavy atom. The summed E-state index contributed by atoms with van der Waals surface area (Å²) in [6, 6.07) is 7.28. The van der Waals surface area contributed by atoms with Crippen LogP contribution < -0.4 is 5.32 Å². The topological polar surface area (TPSA) is 66.5 Å². The summed E-state index contributed by atoms with van der Waals surface area (Å²) < 4.78 is 0.935. The number of imide groups is 1. The number of rotatable bonds is 4. The van der Waals surface area contributed by atoms with Crippen molar-refractivity contribution in [3.05, 3.63) is 40.9 Å². The first-order valence-electron chi connectivity index (χ1n) is 8.63. The van der Waals surface area contributed by atoms with Crippen molar-refractivity contribution in [2.24, 2.45) is 23.7 Å². The highest BCUT2D eigenvalue weighted by Gasteiger charge is 2.56. The van der Waals surface area contributed by atoms with E-state index in [2.05, 4.69) is 33.4 Å². The zero-order chi connectivity index (χ0) is 17.6. The van der Waals surface area contributed by atoms with Crippen LogP contribution in [-0.2, 0) is 14.4 Å². The molecule has 2 fully saturated rings. The van der Waals surface area contributed by atoms with Crippen molar-refractivity contribution >= 4 is 39.3 Å². The fourth-order valence-electron chi connectivity index (χ4n) is 4.33. The van der Waals surface area contributed by atoms with Crippen LogP contribution in [0, 0.1) is 23.7 Å². The number of carbonyl (C=O) groups excluding carboxylic acids is 3. The number of hydrogen-bond acceptors (Lipinski definition) is 3. The van der Waals surface area contributed by atoms with Crippen LogP contribution in [0.4, 0.5) is 5.69 Å². The second-order valence-corrected chi connectivity index (χ2v) is 7.89. The van der Waals surface area contributed by atoms with Crippen LogP contribution in [0.1, 0.15) is 19.3 Å². The summed E-state index contributed by atoms with van der Waals surface area (Å²) in [6.45, 7) is 0.159. The first-order valence-corrected chi connectivity index (χ1v) is 9.43. The molecule has 1 aliphatic heterocycles. The van der Waals surface area contributed by atoms with Crippen molar-refractivity contribution in [3.8, 4) is 0 Å². The number of amides is 3. The standard InChI is InChI=1S/C19H19BrN2O3/c20-13-5-7-14(8-6-13)21-15(23)9-10-22-18(24)16-11-1-2-12(4-3-11)17(16)19(22)25/h1-2,5-8,11-12,16-17H,3-4,9-10H2,(H,21,23)/t11-,12-,16-,17+/m0/s1. The van der Waals surface area contributed by atoms with Gasteiger partial charge in [0.05, 0.1) is 11.8 Å². The van der Waals surface area contributed by atoms with Crippen molar-refractivity contribution in [2.75, 3.05) is 11.9 Å². The molecule has 25 heavy (non-hydrogen) atoms. The van der Waals surface area contributed by atoms with Gasteiger partial charge in [0.2, 0.25) is 17.7 Å². The molecule has 1 saturated heterocycles. The van der Waals surface area contributed by atoms with Gasteiger partial charge in [0.15, 0.2) is 0 Å². The van der Waals surface area contributed by atoms with Crippen LogP contribution >= 0.6 is 15.9 Å². The van der Waals surface area contributed by atoms with Gasteiger partial charge < -0.3 is 5.32 Å². The number of fused-ring (bicyclic) bond motifs is 1. The van der Waals surface area contributed by atoms with Gasteiger partial charge in [-0.1, -0.05) is 28.1 Å². The van der Waals surface area contributed by atoms with Crippen molar-refractivity contribution in [1.82, 2.24) is 4.90 Å². The third kappa shape index (κ3) is 2.92. The number of nitrogens with zero attached hydrogens (tertiary/aromatic N) is 1. The molecule has 1 aromatic carbocycles. The second kappa shape index (κ2) is 6.41. The van der Waals surface area contributed by atoms with Crippen LogP contribution in [-0.4, -0.2) is 29.2 Å². The summed E-state index contributed by atoms with van der Waals surface area (Å²) in [5.41, 5.74) is 0.697. The van der Waals surface area contributed by atoms with Crippen molar-refractivity contribution in [1.29, 1.82) is 0 Å². The highest BCUT2D eigenvalue weighted by Crippen LogP contribution is 2.49. The molecule has 2 bridgehead atoms. The normalized spacial score (nSPS) is 29.9. The highest BCUT2D eigenvalue weighted by molar-refractivity contribution is 9.10. The molecule has 0 spiro atoms. The summed E-state index contributed by atoms with van der Waals surface area (Å²) in [7, 11) is 0. The third-order valence-corrected chi connectivity index (χ3v) is 6.07. The Morgan fingerprint density at radius 3 is 2.12 bits per heavy atom. The first kappa shape index (κ1) is 16.5. The van der Waals surface area contributed by atoms with E-state index in [1.54, 1.807) is 12.1 Å². The fourth-order valence-corrected chi connectivity index (χ4v) is 4.59. The number of carbonyl (C=O) groups is 3. The summed E-state index contributed by atoms with van der Waals surface area (Å²) in [6.07, 6.45) is 6.29. The van der Waals surface area contributed by atoms with E-state index in [1.165, 1.54) is 4.90 Å². The summed E-state index contributed by atoms with van der Waals surface area (Å²) in [5, 5.41) is 2.79. The average Bonchev–Trinajstić information content (AvgIpc) is 2.89. The van der Waals surface area contributed by atoms with E-state index in [0.29, 0.717) is 5.69 Å². The van der Waals surface area contributed by atoms with Gasteiger partial charge >= 0.3 is 0 Å². The van der Waals surface area contributed by atoms with Gasteiger partial charge in [-0.15, -0.1) is 0 Å². The fraction of sp³-hybridized carbons (Fsp3) is 0.421. The number of hydrogen-bond donors (Lipinski definition) is 1. The maximum absolute atomic E-state index is 12.7. The van der Waals surface area contributed by atoms with E-state index in [-0.39, 0.29) is 54.4 Å². The van der Waals surface area contributed by atoms with E-state index in [0.717, 1.165) is 17.3 Å². The number of halogens is 1. The SMILES string of the molecule is O=C(CCN1C(=O)[C@@H]2[C@H](C1=O)[C@H]1C=C[C@H]2CC1)Nc1ccc(Br)cc1. The molecule has 0 radical (unpaired) electrons. The van der Waals surface area contributed by atoms with Crippen LogP contribution in [0.15, 0.2) is 40.9 Å². The number of anilines is 1. The lowest BCUT2D eigenvalue weighted by molar-refractivity contribution is -0.140. The lowest BCUT2D eigenvalue weighted by Gasteiger charge is -2.38. The number of allylic oxidation sites excluding steroid dienone is 2. The van der Waals surface area contributed by atoms with Gasteiger partial charge in [-0.05, 0) is 48.9 Å². The van der Waals surface area contributed by atoms with Crippen molar-refractivity contribution < 1.29 is 14.4 Å². The molecule has 1 heterocycles. The maximum Gasteiger partial charge on any atom is 0.233 e. The van der Waals surface area contributed by atoms with E-state index >= 15 is 0 Å². The third-order valence-electron chi connectivity index (χ3n) is 5.54. The molecular weight excluding hydrogens is 384 g/mol. The highest BCUT2D eigenvalue weighted by atomic mass is 79.9. The summed E-state index contributed by atoms with van der Waals surface area (Å²) in [5.74, 6) is -0.410. The molecule has 0 aromatic heterocycles. The van der Waals surface area contributed by atoms with Crippen LogP contribution in [0.3, 0.4) is 0 Å². The average molecular weight is 403 g/mol. The molecule has 130 valence electrons. The molecule has 5 nitrogen and oxygen atoms in total. The molecule has 0 unspecified atom stereocenters. The molecule has 4 atom stereocenters. The molecule has 1 saturated carbocycles. The van der Waals surface area contributed by atoms with Crippen LogP contribution in [0.2, 0.25) is 0 Å². The van der Waals surface area contributed by atoms with Crippen molar-refractivity contribution in [3.63, 3.8) is 0 Å². The Bertz CT molecular complexity index is 726. The monoisotopic (exact) mass is 402 g/mol. The molecule has 5 rings (SSSR count). The minimum Gasteiger partial charge on any atom is -0.326 e. The van der Waals surface area contributed by atoms with E-state index in [4.69, 9.17) is 0 Å². The molecular formula is C19H19BrN2O3. The summed E-state index contributed by atoms with van der Waals surface area (Å²) >= 11 is 3.35. The number of nitrogens with one attached hydrogen (secondary N) is 1. The van der Waals surface area contributed by atoms with E-state index in [9.17, 15) is 14.4 Å². The molecule has 6 heteroatoms. The lowest BCUT2D eigenvalue weighted by Crippen LogP contribution is -2.38. The minimum absolute atomic E-state index is 0.0921. The Labute approximate surface area is 154 Å². The zero-order valence-corrected chi connectivity index (χ0v) is 15.2. The van der Waals surface area contributed by atoms with Crippen molar-refractivity contribution in [2.45, 2.75) is 19.3 Å². The maximum atomic E-state index is 12.7. The predicted molar refractivity (Wildman–Crippen MR) is 96.4 cm³/mol. The number of benzene rings is 1. The predicted octanol–water partition coefficient (Wildman–Crippen LogP) is 2.97. The molecule has 1 aromatic rings. The quantitative estimate of drug-likeness (QED) is 0.621. The Hall–Kier alpha value is -1.95. The van der Waals surface area contributed by atoms with Crippen LogP contribution in [0.25, 0.3) is 0 Å². The van der Waals surface area contributed by atoms with Gasteiger partial charge in [-0.2, -0.15) is 0 Å². The zero-order valence-electron chi connectivity index (χ0n) is 13.7. The second-order valence-electron chi connectivity index (χ2n) is 6.97. The minimum atomic E-state index is -0.203. The van der Waals surface area contributed by atoms with Gasteiger partial charge in [-0.3, -0.25) is 19.3 Å². The Kier molecular flexibility index (Phi) is 4.23. The van der Waals surface area contributed by atoms with Gasteiger partial charge in [0.25, 0.3) is 0 Å². The number of likely N-dealkylation sites (tertiary alicyclic amines) is 1. The van der Waals surface area contributed by atoms with Gasteiger partial charge in [0, 0.05) is 23.1 Å². The molecule has 3 aliphatic carbocycles. The smallest absolute Gasteiger partial charge is 0.233 e. The van der Waals surface area contributed by atoms with Gasteiger partial charge in [-0.25, -0.2) is 0 Å². The molecule has 1 N–H and O–H groups in total. The van der Waals surface area contributed by atoms with E-state index < -0.39 is 0 Å². The first-order chi connectivity index (χ1) is 12.0. The lowest BCUT2D eigenvalue weighted by atomic mass is 9.63. The Morgan fingerprint density at radius 1 is 1.04 bits per heavy atom. The van der Waals surface area contributed by atoms with Crippen LogP contribution in [0.5, 0.6) is 0 Å².